The molecular weight excluding hydrogens is 520 g/mol. The highest BCUT2D eigenvalue weighted by atomic mass is 16.8. The molecule has 3 aliphatic rings. The predicted octanol–water partition coefficient (Wildman–Crippen LogP) is -0.586. The van der Waals surface area contributed by atoms with Gasteiger partial charge >= 0.3 is 11.9 Å². The molecule has 2 saturated heterocycles. The second kappa shape index (κ2) is 12.5. The van der Waals surface area contributed by atoms with Gasteiger partial charge in [0.05, 0.1) is 51.6 Å². The normalized spacial score (nSPS) is 34.2. The van der Waals surface area contributed by atoms with Crippen molar-refractivity contribution in [2.45, 2.75) is 62.9 Å². The van der Waals surface area contributed by atoms with E-state index in [-0.39, 0.29) is 18.6 Å². The lowest BCUT2D eigenvalue weighted by molar-refractivity contribution is -0.346. The van der Waals surface area contributed by atoms with Gasteiger partial charge in [0.15, 0.2) is 17.8 Å². The molecular formula is C26H34O13. The first-order chi connectivity index (χ1) is 18.7. The van der Waals surface area contributed by atoms with E-state index in [1.54, 1.807) is 19.1 Å². The molecule has 3 heterocycles. The predicted molar refractivity (Wildman–Crippen MR) is 129 cm³/mol. The van der Waals surface area contributed by atoms with Crippen molar-refractivity contribution in [3.63, 3.8) is 0 Å². The van der Waals surface area contributed by atoms with Crippen LogP contribution in [0.3, 0.4) is 0 Å². The van der Waals surface area contributed by atoms with Crippen LogP contribution in [0.5, 0.6) is 11.5 Å². The van der Waals surface area contributed by atoms with E-state index in [1.165, 1.54) is 14.2 Å². The van der Waals surface area contributed by atoms with Gasteiger partial charge in [0.1, 0.15) is 30.5 Å². The maximum atomic E-state index is 13.0. The van der Waals surface area contributed by atoms with E-state index in [9.17, 15) is 30.0 Å². The first kappa shape index (κ1) is 29.1. The molecule has 0 saturated carbocycles. The molecule has 13 nitrogen and oxygen atoms in total. The quantitative estimate of drug-likeness (QED) is 0.285. The largest absolute Gasteiger partial charge is 0.493 e. The number of carbonyl (C=O) groups excluding carboxylic acids is 2. The van der Waals surface area contributed by atoms with E-state index < -0.39 is 73.5 Å². The summed E-state index contributed by atoms with van der Waals surface area (Å²) in [4.78, 5) is 25.3. The van der Waals surface area contributed by atoms with E-state index >= 15 is 0 Å². The van der Waals surface area contributed by atoms with E-state index in [4.69, 9.17) is 33.2 Å². The van der Waals surface area contributed by atoms with Crippen LogP contribution >= 0.6 is 0 Å². The van der Waals surface area contributed by atoms with Crippen molar-refractivity contribution in [2.75, 3.05) is 27.4 Å². The van der Waals surface area contributed by atoms with Gasteiger partial charge in [-0.2, -0.15) is 0 Å². The summed E-state index contributed by atoms with van der Waals surface area (Å²) >= 11 is 0. The van der Waals surface area contributed by atoms with Crippen molar-refractivity contribution in [2.24, 2.45) is 11.8 Å². The highest BCUT2D eigenvalue weighted by Crippen LogP contribution is 2.42. The minimum Gasteiger partial charge on any atom is -0.493 e. The van der Waals surface area contributed by atoms with Crippen molar-refractivity contribution in [1.29, 1.82) is 0 Å². The highest BCUT2D eigenvalue weighted by molar-refractivity contribution is 5.90. The lowest BCUT2D eigenvalue weighted by Gasteiger charge is -2.45. The first-order valence-corrected chi connectivity index (χ1v) is 12.6. The third kappa shape index (κ3) is 6.13. The fraction of sp³-hybridized carbons (Fsp3) is 0.615. The first-order valence-electron chi connectivity index (χ1n) is 12.6. The van der Waals surface area contributed by atoms with Gasteiger partial charge in [0, 0.05) is 12.3 Å². The van der Waals surface area contributed by atoms with Crippen LogP contribution in [-0.4, -0.2) is 103 Å². The number of hydrogen-bond donors (Lipinski definition) is 4. The summed E-state index contributed by atoms with van der Waals surface area (Å²) in [5.74, 6) is -1.42. The molecule has 4 N–H and O–H groups in total. The van der Waals surface area contributed by atoms with Crippen LogP contribution in [0.1, 0.15) is 18.9 Å². The SMILES string of the molecule is COc1ccc(CCOC(=O)C2=CO[C@@H](O[C@@H]3O[C@H](CO)[C@@H](O)[C@H](O)[C@H]3O)[C@H]3[C@@H]2CC(=O)O[C@@H]3C)cc1OC. The molecule has 0 bridgehead atoms. The molecule has 0 amide bonds. The Hall–Kier alpha value is -2.94. The Labute approximate surface area is 224 Å². The van der Waals surface area contributed by atoms with Crippen LogP contribution in [0, 0.1) is 11.8 Å². The number of benzene rings is 1. The van der Waals surface area contributed by atoms with E-state index in [2.05, 4.69) is 0 Å². The highest BCUT2D eigenvalue weighted by Gasteiger charge is 2.52. The minimum absolute atomic E-state index is 0.0494. The zero-order chi connectivity index (χ0) is 28.3. The lowest BCUT2D eigenvalue weighted by atomic mass is 9.77. The fourth-order valence-corrected chi connectivity index (χ4v) is 5.04. The van der Waals surface area contributed by atoms with E-state index in [0.29, 0.717) is 17.9 Å². The number of aliphatic hydroxyl groups excluding tert-OH is 4. The number of carbonyl (C=O) groups is 2. The van der Waals surface area contributed by atoms with Crippen LogP contribution in [0.15, 0.2) is 30.0 Å². The summed E-state index contributed by atoms with van der Waals surface area (Å²) in [5.41, 5.74) is 0.986. The van der Waals surface area contributed by atoms with Crippen molar-refractivity contribution >= 4 is 11.9 Å². The summed E-state index contributed by atoms with van der Waals surface area (Å²) in [6, 6.07) is 5.36. The Kier molecular flexibility index (Phi) is 9.31. The zero-order valence-corrected chi connectivity index (χ0v) is 21.8. The van der Waals surface area contributed by atoms with Crippen molar-refractivity contribution in [3.8, 4) is 11.5 Å². The summed E-state index contributed by atoms with van der Waals surface area (Å²) in [6.07, 6.45) is -7.98. The fourth-order valence-electron chi connectivity index (χ4n) is 5.04. The number of aliphatic hydroxyl groups is 4. The second-order valence-corrected chi connectivity index (χ2v) is 9.57. The Morgan fingerprint density at radius 2 is 1.79 bits per heavy atom. The van der Waals surface area contributed by atoms with E-state index in [0.717, 1.165) is 11.8 Å². The zero-order valence-electron chi connectivity index (χ0n) is 21.8. The topological polar surface area (TPSA) is 180 Å². The van der Waals surface area contributed by atoms with Gasteiger partial charge in [0.25, 0.3) is 0 Å². The Bertz CT molecular complexity index is 1060. The van der Waals surface area contributed by atoms with Gasteiger partial charge in [-0.15, -0.1) is 0 Å². The van der Waals surface area contributed by atoms with E-state index in [1.807, 2.05) is 6.07 Å². The molecule has 0 spiro atoms. The Balaban J connectivity index is 1.45. The average Bonchev–Trinajstić information content (AvgIpc) is 2.92. The van der Waals surface area contributed by atoms with Crippen molar-refractivity contribution in [3.05, 3.63) is 35.6 Å². The van der Waals surface area contributed by atoms with Gasteiger partial charge in [-0.05, 0) is 24.6 Å². The van der Waals surface area contributed by atoms with Gasteiger partial charge in [0.2, 0.25) is 6.29 Å². The molecule has 3 aliphatic heterocycles. The van der Waals surface area contributed by atoms with Crippen LogP contribution in [0.25, 0.3) is 0 Å². The second-order valence-electron chi connectivity index (χ2n) is 9.57. The molecule has 0 aliphatic carbocycles. The average molecular weight is 555 g/mol. The van der Waals surface area contributed by atoms with Crippen LogP contribution < -0.4 is 9.47 Å². The summed E-state index contributed by atoms with van der Waals surface area (Å²) in [5, 5.41) is 39.9. The van der Waals surface area contributed by atoms with Crippen LogP contribution in [-0.2, 0) is 39.7 Å². The molecule has 39 heavy (non-hydrogen) atoms. The molecule has 9 atom stereocenters. The number of fused-ring (bicyclic) bond motifs is 1. The third-order valence-electron chi connectivity index (χ3n) is 7.18. The number of esters is 2. The lowest BCUT2D eigenvalue weighted by Crippen LogP contribution is -2.61. The Morgan fingerprint density at radius 3 is 2.49 bits per heavy atom. The maximum absolute atomic E-state index is 13.0. The monoisotopic (exact) mass is 554 g/mol. The molecule has 2 fully saturated rings. The number of methoxy groups -OCH3 is 2. The third-order valence-corrected chi connectivity index (χ3v) is 7.18. The summed E-state index contributed by atoms with van der Waals surface area (Å²) in [6.45, 7) is 1.04. The molecule has 0 radical (unpaired) electrons. The molecule has 13 heteroatoms. The number of ether oxygens (including phenoxy) is 7. The number of hydrogen-bond acceptors (Lipinski definition) is 13. The van der Waals surface area contributed by atoms with Gasteiger partial charge in [-0.3, -0.25) is 4.79 Å². The minimum atomic E-state index is -1.65. The van der Waals surface area contributed by atoms with Crippen LogP contribution in [0.2, 0.25) is 0 Å². The Morgan fingerprint density at radius 1 is 1.05 bits per heavy atom. The summed E-state index contributed by atoms with van der Waals surface area (Å²) in [7, 11) is 3.06. The molecule has 1 aromatic rings. The standard InChI is InChI=1S/C26H34O13/c1-12-20-14(9-19(28)37-12)15(24(32)35-7-6-13-4-5-16(33-2)17(8-13)34-3)11-36-25(20)39-26-23(31)22(30)21(29)18(10-27)38-26/h4-5,8,11-12,14,18,20-23,25-27,29-31H,6-7,9-10H2,1-3H3/t12-,14-,18-,20-,21-,22+,23-,25+,26+/m1/s1. The van der Waals surface area contributed by atoms with Gasteiger partial charge in [-0.25, -0.2) is 4.79 Å². The van der Waals surface area contributed by atoms with Gasteiger partial charge in [-0.1, -0.05) is 6.07 Å². The van der Waals surface area contributed by atoms with Crippen LogP contribution in [0.4, 0.5) is 0 Å². The molecule has 0 aromatic heterocycles. The molecule has 4 rings (SSSR count). The maximum Gasteiger partial charge on any atom is 0.337 e. The summed E-state index contributed by atoms with van der Waals surface area (Å²) < 4.78 is 38.3. The smallest absolute Gasteiger partial charge is 0.337 e. The molecule has 1 aromatic carbocycles. The van der Waals surface area contributed by atoms with Crippen molar-refractivity contribution < 1.29 is 63.2 Å². The van der Waals surface area contributed by atoms with Gasteiger partial charge < -0.3 is 53.6 Å². The number of rotatable bonds is 9. The van der Waals surface area contributed by atoms with Crippen molar-refractivity contribution in [1.82, 2.24) is 0 Å². The molecule has 216 valence electrons. The molecule has 0 unspecified atom stereocenters. The number of cyclic esters (lactones) is 1.